The number of hydrogen-bond acceptors (Lipinski definition) is 6. The van der Waals surface area contributed by atoms with Crippen LogP contribution in [0.3, 0.4) is 0 Å². The molecule has 0 aliphatic carbocycles. The number of fused-ring (bicyclic) bond motifs is 2. The molecule has 2 N–H and O–H groups in total. The van der Waals surface area contributed by atoms with Gasteiger partial charge >= 0.3 is 6.18 Å². The van der Waals surface area contributed by atoms with Gasteiger partial charge in [-0.3, -0.25) is 0 Å². The second-order valence-corrected chi connectivity index (χ2v) is 7.11. The number of nitrogens with one attached hydrogen (secondary N) is 2. The molecular weight excluding hydrogens is 434 g/mol. The van der Waals surface area contributed by atoms with Gasteiger partial charge < -0.3 is 15.0 Å². The number of nitrogens with zero attached hydrogens (tertiary/aromatic N) is 3. The molecular formula is C20H11F4N5OS. The second kappa shape index (κ2) is 7.20. The summed E-state index contributed by atoms with van der Waals surface area (Å²) < 4.78 is 66.9. The van der Waals surface area contributed by atoms with Crippen LogP contribution in [0, 0.1) is 5.82 Å². The molecule has 5 aromatic rings. The molecule has 2 heterocycles. The predicted molar refractivity (Wildman–Crippen MR) is 108 cm³/mol. The summed E-state index contributed by atoms with van der Waals surface area (Å²) >= 11 is 1.10. The van der Waals surface area contributed by atoms with E-state index in [9.17, 15) is 17.6 Å². The average molecular weight is 445 g/mol. The third kappa shape index (κ3) is 3.75. The van der Waals surface area contributed by atoms with Crippen LogP contribution in [0.1, 0.15) is 5.56 Å². The topological polar surface area (TPSA) is 75.7 Å². The molecule has 0 spiro atoms. The summed E-state index contributed by atoms with van der Waals surface area (Å²) in [6.07, 6.45) is -4.65. The van der Waals surface area contributed by atoms with Gasteiger partial charge in [-0.25, -0.2) is 9.37 Å². The van der Waals surface area contributed by atoms with Crippen molar-refractivity contribution >= 4 is 45.4 Å². The van der Waals surface area contributed by atoms with Gasteiger partial charge in [-0.1, -0.05) is 6.07 Å². The van der Waals surface area contributed by atoms with Gasteiger partial charge in [-0.05, 0) is 48.5 Å². The minimum absolute atomic E-state index is 0.0558. The number of anilines is 2. The highest BCUT2D eigenvalue weighted by Gasteiger charge is 2.32. The number of imidazole rings is 1. The molecule has 0 aliphatic rings. The van der Waals surface area contributed by atoms with Crippen molar-refractivity contribution in [3.63, 3.8) is 0 Å². The summed E-state index contributed by atoms with van der Waals surface area (Å²) in [6, 6.07) is 13.5. The lowest BCUT2D eigenvalue weighted by atomic mass is 10.2. The minimum atomic E-state index is -4.65. The van der Waals surface area contributed by atoms with Crippen LogP contribution >= 0.6 is 11.7 Å². The van der Waals surface area contributed by atoms with Crippen LogP contribution in [0.15, 0.2) is 54.6 Å². The van der Waals surface area contributed by atoms with E-state index in [0.717, 1.165) is 23.3 Å². The lowest BCUT2D eigenvalue weighted by Gasteiger charge is -2.07. The van der Waals surface area contributed by atoms with Crippen molar-refractivity contribution in [2.75, 3.05) is 5.32 Å². The van der Waals surface area contributed by atoms with Crippen LogP contribution in [-0.2, 0) is 6.18 Å². The third-order valence-electron chi connectivity index (χ3n) is 4.46. The molecule has 31 heavy (non-hydrogen) atoms. The predicted octanol–water partition coefficient (Wildman–Crippen LogP) is 6.26. The Hall–Kier alpha value is -3.73. The average Bonchev–Trinajstić information content (AvgIpc) is 3.36. The summed E-state index contributed by atoms with van der Waals surface area (Å²) in [6.45, 7) is 0. The van der Waals surface area contributed by atoms with E-state index in [1.807, 2.05) is 12.1 Å². The van der Waals surface area contributed by atoms with Crippen LogP contribution < -0.4 is 10.1 Å². The first kappa shape index (κ1) is 19.2. The zero-order chi connectivity index (χ0) is 21.6. The number of hydrogen-bond donors (Lipinski definition) is 2. The Balaban J connectivity index is 1.36. The Labute approximate surface area is 175 Å². The van der Waals surface area contributed by atoms with Crippen molar-refractivity contribution in [1.29, 1.82) is 0 Å². The smallest absolute Gasteiger partial charge is 0.416 e. The Bertz CT molecular complexity index is 1390. The molecule has 6 nitrogen and oxygen atoms in total. The molecule has 0 unspecified atom stereocenters. The summed E-state index contributed by atoms with van der Waals surface area (Å²) in [7, 11) is 0. The fraction of sp³-hybridized carbons (Fsp3) is 0.0500. The lowest BCUT2D eigenvalue weighted by molar-refractivity contribution is -0.137. The Morgan fingerprint density at radius 1 is 0.968 bits per heavy atom. The molecule has 0 fully saturated rings. The molecule has 11 heteroatoms. The molecule has 2 aromatic heterocycles. The number of ether oxygens (including phenoxy) is 1. The highest BCUT2D eigenvalue weighted by atomic mass is 32.1. The van der Waals surface area contributed by atoms with Gasteiger partial charge in [0.15, 0.2) is 11.6 Å². The van der Waals surface area contributed by atoms with E-state index in [-0.39, 0.29) is 17.0 Å². The van der Waals surface area contributed by atoms with E-state index in [0.29, 0.717) is 28.8 Å². The van der Waals surface area contributed by atoms with Gasteiger partial charge in [-0.2, -0.15) is 21.9 Å². The van der Waals surface area contributed by atoms with E-state index in [1.165, 1.54) is 0 Å². The number of aromatic nitrogens is 4. The third-order valence-corrected chi connectivity index (χ3v) is 5.00. The van der Waals surface area contributed by atoms with E-state index >= 15 is 0 Å². The van der Waals surface area contributed by atoms with Crippen LogP contribution in [0.25, 0.3) is 22.1 Å². The van der Waals surface area contributed by atoms with E-state index in [2.05, 4.69) is 24.0 Å². The zero-order valence-corrected chi connectivity index (χ0v) is 16.2. The number of aromatic amines is 1. The quantitative estimate of drug-likeness (QED) is 0.319. The lowest BCUT2D eigenvalue weighted by Crippen LogP contribution is -2.05. The molecule has 0 amide bonds. The Kier molecular flexibility index (Phi) is 4.47. The number of alkyl halides is 3. The molecule has 0 aliphatic heterocycles. The van der Waals surface area contributed by atoms with Crippen LogP contribution in [0.5, 0.6) is 11.5 Å². The summed E-state index contributed by atoms with van der Waals surface area (Å²) in [5.41, 5.74) is 0.667. The van der Waals surface area contributed by atoms with E-state index in [1.54, 1.807) is 30.3 Å². The van der Waals surface area contributed by atoms with Crippen molar-refractivity contribution < 1.29 is 22.3 Å². The zero-order valence-electron chi connectivity index (χ0n) is 15.4. The minimum Gasteiger partial charge on any atom is -0.455 e. The maximum absolute atomic E-state index is 14.0. The van der Waals surface area contributed by atoms with Crippen molar-refractivity contribution in [1.82, 2.24) is 18.7 Å². The molecule has 3 aromatic carbocycles. The molecule has 5 rings (SSSR count). The molecule has 0 saturated heterocycles. The number of H-pyrrole nitrogens is 1. The maximum atomic E-state index is 14.0. The SMILES string of the molecule is Fc1cc(C(F)(F)F)cc2[nH]c(Nc3ccc(Oc4cccc5nsnc45)cc3)nc12. The summed E-state index contributed by atoms with van der Waals surface area (Å²) in [5.74, 6) is 0.181. The Morgan fingerprint density at radius 2 is 1.77 bits per heavy atom. The fourth-order valence-corrected chi connectivity index (χ4v) is 3.57. The van der Waals surface area contributed by atoms with Gasteiger partial charge in [0.25, 0.3) is 0 Å². The van der Waals surface area contributed by atoms with Gasteiger partial charge in [-0.15, -0.1) is 0 Å². The first-order valence-electron chi connectivity index (χ1n) is 8.89. The molecule has 0 bridgehead atoms. The summed E-state index contributed by atoms with van der Waals surface area (Å²) in [4.78, 5) is 6.66. The summed E-state index contributed by atoms with van der Waals surface area (Å²) in [5, 5.41) is 2.90. The molecule has 0 radical (unpaired) electrons. The standard InChI is InChI=1S/C20H11F4N5OS/c21-13-8-10(20(22,23)24)9-15-17(13)27-19(26-15)25-11-4-6-12(7-5-11)30-16-3-1-2-14-18(16)29-31-28-14/h1-9H,(H2,25,26,27). The number of halogens is 4. The second-order valence-electron chi connectivity index (χ2n) is 6.58. The molecule has 0 atom stereocenters. The highest BCUT2D eigenvalue weighted by molar-refractivity contribution is 7.00. The van der Waals surface area contributed by atoms with Gasteiger partial charge in [0.2, 0.25) is 5.95 Å². The van der Waals surface area contributed by atoms with Gasteiger partial charge in [0.05, 0.1) is 22.8 Å². The first-order valence-corrected chi connectivity index (χ1v) is 9.62. The maximum Gasteiger partial charge on any atom is 0.416 e. The molecule has 0 saturated carbocycles. The van der Waals surface area contributed by atoms with Crippen LogP contribution in [-0.4, -0.2) is 18.7 Å². The first-order chi connectivity index (χ1) is 14.9. The highest BCUT2D eigenvalue weighted by Crippen LogP contribution is 2.33. The van der Waals surface area contributed by atoms with E-state index < -0.39 is 17.6 Å². The normalized spacial score (nSPS) is 11.9. The monoisotopic (exact) mass is 445 g/mol. The van der Waals surface area contributed by atoms with Crippen LogP contribution in [0.2, 0.25) is 0 Å². The van der Waals surface area contributed by atoms with Gasteiger partial charge in [0.1, 0.15) is 22.3 Å². The number of rotatable bonds is 4. The van der Waals surface area contributed by atoms with Crippen molar-refractivity contribution in [2.45, 2.75) is 6.18 Å². The van der Waals surface area contributed by atoms with Crippen molar-refractivity contribution in [3.8, 4) is 11.5 Å². The van der Waals surface area contributed by atoms with E-state index in [4.69, 9.17) is 4.74 Å². The van der Waals surface area contributed by atoms with Crippen molar-refractivity contribution in [3.05, 3.63) is 66.0 Å². The van der Waals surface area contributed by atoms with Crippen molar-refractivity contribution in [2.24, 2.45) is 0 Å². The van der Waals surface area contributed by atoms with Gasteiger partial charge in [0, 0.05) is 5.69 Å². The molecule has 156 valence electrons. The fourth-order valence-electron chi connectivity index (χ4n) is 3.03. The largest absolute Gasteiger partial charge is 0.455 e. The Morgan fingerprint density at radius 3 is 2.55 bits per heavy atom. The van der Waals surface area contributed by atoms with Crippen LogP contribution in [0.4, 0.5) is 29.2 Å². The number of benzene rings is 3.